The maximum Gasteiger partial charge on any atom is 0.421 e. The maximum atomic E-state index is 13.6. The molecule has 1 fully saturated rings. The fraction of sp³-hybridized carbons (Fsp3) is 0.458. The number of carbonyl (C=O) groups excluding carboxylic acids is 1. The zero-order chi connectivity index (χ0) is 24.0. The van der Waals surface area contributed by atoms with Gasteiger partial charge in [0.2, 0.25) is 5.95 Å². The fourth-order valence-electron chi connectivity index (χ4n) is 3.82. The van der Waals surface area contributed by atoms with Crippen LogP contribution in [0.15, 0.2) is 42.1 Å². The largest absolute Gasteiger partial charge is 0.497 e. The molecule has 2 atom stereocenters. The lowest BCUT2D eigenvalue weighted by molar-refractivity contribution is -0.137. The molecule has 0 unspecified atom stereocenters. The Bertz CT molecular complexity index is 1010. The van der Waals surface area contributed by atoms with Crippen molar-refractivity contribution in [2.24, 2.45) is 5.92 Å². The molecule has 9 heteroatoms. The number of nitrogens with one attached hydrogen (secondary N) is 2. The first-order chi connectivity index (χ1) is 15.7. The number of benzene rings is 1. The summed E-state index contributed by atoms with van der Waals surface area (Å²) >= 11 is 0. The van der Waals surface area contributed by atoms with E-state index in [-0.39, 0.29) is 29.5 Å². The van der Waals surface area contributed by atoms with Gasteiger partial charge in [0, 0.05) is 29.9 Å². The Balaban J connectivity index is 1.81. The van der Waals surface area contributed by atoms with E-state index >= 15 is 0 Å². The van der Waals surface area contributed by atoms with E-state index in [9.17, 15) is 18.0 Å². The van der Waals surface area contributed by atoms with Gasteiger partial charge in [-0.25, -0.2) is 4.98 Å². The molecule has 2 aromatic rings. The quantitative estimate of drug-likeness (QED) is 0.459. The van der Waals surface area contributed by atoms with E-state index < -0.39 is 11.7 Å². The molecule has 2 N–H and O–H groups in total. The molecule has 1 aliphatic rings. The van der Waals surface area contributed by atoms with Gasteiger partial charge in [0.15, 0.2) is 5.78 Å². The number of halogens is 3. The smallest absolute Gasteiger partial charge is 0.421 e. The summed E-state index contributed by atoms with van der Waals surface area (Å²) in [5, 5.41) is 5.87. The maximum absolute atomic E-state index is 13.6. The van der Waals surface area contributed by atoms with Crippen LogP contribution in [0.4, 0.5) is 30.6 Å². The summed E-state index contributed by atoms with van der Waals surface area (Å²) in [5.41, 5.74) is 0.647. The molecule has 33 heavy (non-hydrogen) atoms. The molecule has 3 rings (SSSR count). The molecular formula is C24H29F3N4O2. The van der Waals surface area contributed by atoms with Crippen LogP contribution < -0.4 is 15.4 Å². The molecule has 1 aliphatic carbocycles. The number of nitrogens with zero attached hydrogens (tertiary/aromatic N) is 2. The molecule has 0 aliphatic heterocycles. The number of alkyl halides is 3. The van der Waals surface area contributed by atoms with Gasteiger partial charge in [0.1, 0.15) is 17.1 Å². The van der Waals surface area contributed by atoms with Crippen LogP contribution in [0.2, 0.25) is 0 Å². The van der Waals surface area contributed by atoms with E-state index in [1.165, 1.54) is 7.11 Å². The lowest BCUT2D eigenvalue weighted by atomic mass is 9.82. The van der Waals surface area contributed by atoms with Crippen molar-refractivity contribution in [3.8, 4) is 5.75 Å². The van der Waals surface area contributed by atoms with E-state index in [0.29, 0.717) is 24.3 Å². The topological polar surface area (TPSA) is 76.1 Å². The highest BCUT2D eigenvalue weighted by Crippen LogP contribution is 2.36. The highest BCUT2D eigenvalue weighted by Gasteiger charge is 2.36. The van der Waals surface area contributed by atoms with Crippen LogP contribution in [0.1, 0.15) is 51.5 Å². The van der Waals surface area contributed by atoms with Crippen molar-refractivity contribution in [2.45, 2.75) is 58.2 Å². The van der Waals surface area contributed by atoms with Crippen molar-refractivity contribution < 1.29 is 22.7 Å². The van der Waals surface area contributed by atoms with Gasteiger partial charge in [-0.05, 0) is 50.8 Å². The highest BCUT2D eigenvalue weighted by atomic mass is 19.4. The van der Waals surface area contributed by atoms with Crippen LogP contribution in [0, 0.1) is 5.92 Å². The van der Waals surface area contributed by atoms with Gasteiger partial charge >= 0.3 is 6.18 Å². The van der Waals surface area contributed by atoms with Gasteiger partial charge < -0.3 is 15.4 Å². The number of rotatable bonds is 8. The third kappa shape index (κ3) is 6.69. The highest BCUT2D eigenvalue weighted by molar-refractivity contribution is 5.92. The van der Waals surface area contributed by atoms with E-state index in [2.05, 4.69) is 20.6 Å². The molecule has 1 aromatic heterocycles. The second kappa shape index (κ2) is 10.7. The Hall–Kier alpha value is -3.10. The molecule has 1 heterocycles. The van der Waals surface area contributed by atoms with Gasteiger partial charge in [-0.15, -0.1) is 0 Å². The molecular weight excluding hydrogens is 433 g/mol. The minimum atomic E-state index is -4.61. The van der Waals surface area contributed by atoms with Crippen LogP contribution in [-0.2, 0) is 11.0 Å². The van der Waals surface area contributed by atoms with E-state index in [1.54, 1.807) is 30.3 Å². The zero-order valence-corrected chi connectivity index (χ0v) is 19.0. The number of ketones is 1. The lowest BCUT2D eigenvalue weighted by Gasteiger charge is -2.29. The third-order valence-electron chi connectivity index (χ3n) is 5.78. The number of hydrogen-bond acceptors (Lipinski definition) is 6. The zero-order valence-electron chi connectivity index (χ0n) is 19.0. The predicted molar refractivity (Wildman–Crippen MR) is 122 cm³/mol. The van der Waals surface area contributed by atoms with Crippen molar-refractivity contribution in [3.63, 3.8) is 0 Å². The number of ether oxygens (including phenoxy) is 1. The molecule has 1 aromatic carbocycles. The van der Waals surface area contributed by atoms with Crippen molar-refractivity contribution >= 4 is 23.2 Å². The molecule has 1 saturated carbocycles. The minimum Gasteiger partial charge on any atom is -0.497 e. The molecule has 0 saturated heterocycles. The fourth-order valence-corrected chi connectivity index (χ4v) is 3.82. The third-order valence-corrected chi connectivity index (χ3v) is 5.78. The van der Waals surface area contributed by atoms with Gasteiger partial charge in [0.25, 0.3) is 0 Å². The average Bonchev–Trinajstić information content (AvgIpc) is 2.78. The second-order valence-electron chi connectivity index (χ2n) is 8.26. The Morgan fingerprint density at radius 3 is 2.79 bits per heavy atom. The van der Waals surface area contributed by atoms with E-state index in [0.717, 1.165) is 31.0 Å². The summed E-state index contributed by atoms with van der Waals surface area (Å²) < 4.78 is 46.1. The van der Waals surface area contributed by atoms with E-state index in [4.69, 9.17) is 4.74 Å². The summed E-state index contributed by atoms with van der Waals surface area (Å²) in [5.74, 6) is 0.170. The summed E-state index contributed by atoms with van der Waals surface area (Å²) in [6.45, 7) is 3.89. The van der Waals surface area contributed by atoms with Crippen molar-refractivity contribution in [1.29, 1.82) is 0 Å². The number of anilines is 3. The molecule has 0 spiro atoms. The SMILES string of the molecule is CCC(C)=CC(=O)[C@H]1CCC[C@@H](Nc2nc(Nc3cccc(OC)c3)ncc2C(F)(F)F)C1. The summed E-state index contributed by atoms with van der Waals surface area (Å²) in [6.07, 6.45) is 1.25. The lowest BCUT2D eigenvalue weighted by Crippen LogP contribution is -2.32. The Morgan fingerprint density at radius 2 is 2.09 bits per heavy atom. The van der Waals surface area contributed by atoms with Gasteiger partial charge in [-0.1, -0.05) is 25.0 Å². The first-order valence-corrected chi connectivity index (χ1v) is 11.0. The van der Waals surface area contributed by atoms with Crippen LogP contribution in [0.25, 0.3) is 0 Å². The summed E-state index contributed by atoms with van der Waals surface area (Å²) in [7, 11) is 1.53. The van der Waals surface area contributed by atoms with Crippen molar-refractivity contribution in [3.05, 3.63) is 47.7 Å². The molecule has 0 amide bonds. The standard InChI is InChI=1S/C24H29F3N4O2/c1-4-15(2)11-21(32)16-7-5-8-17(12-16)29-22-20(24(25,26)27)14-28-23(31-22)30-18-9-6-10-19(13-18)33-3/h6,9-11,13-14,16-17H,4-5,7-8,12H2,1-3H3,(H2,28,29,30,31)/t16-,17+/m0/s1. The molecule has 0 bridgehead atoms. The number of hydrogen-bond donors (Lipinski definition) is 2. The van der Waals surface area contributed by atoms with Gasteiger partial charge in [-0.2, -0.15) is 18.2 Å². The average molecular weight is 463 g/mol. The van der Waals surface area contributed by atoms with Gasteiger partial charge in [0.05, 0.1) is 7.11 Å². The van der Waals surface area contributed by atoms with Crippen LogP contribution in [0.3, 0.4) is 0 Å². The normalized spacial score (nSPS) is 19.2. The van der Waals surface area contributed by atoms with Crippen molar-refractivity contribution in [2.75, 3.05) is 17.7 Å². The number of carbonyl (C=O) groups is 1. The summed E-state index contributed by atoms with van der Waals surface area (Å²) in [4.78, 5) is 20.5. The van der Waals surface area contributed by atoms with Gasteiger partial charge in [-0.3, -0.25) is 4.79 Å². The Labute approximate surface area is 191 Å². The number of methoxy groups -OCH3 is 1. The summed E-state index contributed by atoms with van der Waals surface area (Å²) in [6, 6.07) is 6.64. The van der Waals surface area contributed by atoms with E-state index in [1.807, 2.05) is 13.8 Å². The van der Waals surface area contributed by atoms with Crippen LogP contribution >= 0.6 is 0 Å². The number of aromatic nitrogens is 2. The minimum absolute atomic E-state index is 0.0312. The second-order valence-corrected chi connectivity index (χ2v) is 8.26. The molecule has 6 nitrogen and oxygen atoms in total. The molecule has 178 valence electrons. The Kier molecular flexibility index (Phi) is 7.94. The first-order valence-electron chi connectivity index (χ1n) is 11.0. The monoisotopic (exact) mass is 462 g/mol. The predicted octanol–water partition coefficient (Wildman–Crippen LogP) is 6.14. The molecule has 0 radical (unpaired) electrons. The van der Waals surface area contributed by atoms with Crippen molar-refractivity contribution in [1.82, 2.24) is 9.97 Å². The van der Waals surface area contributed by atoms with Crippen LogP contribution in [-0.4, -0.2) is 28.9 Å². The number of allylic oxidation sites excluding steroid dienone is 2. The first kappa shape index (κ1) is 24.5. The Morgan fingerprint density at radius 1 is 1.30 bits per heavy atom. The van der Waals surface area contributed by atoms with Crippen LogP contribution in [0.5, 0.6) is 5.75 Å².